The van der Waals surface area contributed by atoms with Crippen molar-refractivity contribution in [2.24, 2.45) is 5.14 Å². The Bertz CT molecular complexity index is 895. The lowest BCUT2D eigenvalue weighted by molar-refractivity contribution is 0.0784. The molecule has 0 fully saturated rings. The zero-order valence-corrected chi connectivity index (χ0v) is 16.1. The number of carbonyl (C=O) groups excluding carboxylic acids is 1. The quantitative estimate of drug-likeness (QED) is 0.840. The van der Waals surface area contributed by atoms with Crippen molar-refractivity contribution in [3.05, 3.63) is 63.1 Å². The van der Waals surface area contributed by atoms with Gasteiger partial charge in [-0.2, -0.15) is 0 Å². The van der Waals surface area contributed by atoms with Gasteiger partial charge in [-0.1, -0.05) is 34.1 Å². The van der Waals surface area contributed by atoms with Crippen LogP contribution in [0.1, 0.15) is 27.0 Å². The van der Waals surface area contributed by atoms with Crippen molar-refractivity contribution in [2.75, 3.05) is 7.05 Å². The summed E-state index contributed by atoms with van der Waals surface area (Å²) in [6, 6.07) is 10.6. The van der Waals surface area contributed by atoms with Crippen molar-refractivity contribution in [3.8, 4) is 0 Å². The van der Waals surface area contributed by atoms with Crippen LogP contribution in [0.25, 0.3) is 0 Å². The molecule has 2 N–H and O–H groups in total. The van der Waals surface area contributed by atoms with Gasteiger partial charge in [-0.15, -0.1) is 0 Å². The summed E-state index contributed by atoms with van der Waals surface area (Å²) in [7, 11) is -2.21. The topological polar surface area (TPSA) is 80.5 Å². The Morgan fingerprint density at radius 2 is 1.83 bits per heavy atom. The molecule has 0 heterocycles. The van der Waals surface area contributed by atoms with Crippen LogP contribution < -0.4 is 5.14 Å². The maximum Gasteiger partial charge on any atom is 0.253 e. The minimum Gasteiger partial charge on any atom is -0.337 e. The molecule has 1 amide bonds. The molecule has 0 radical (unpaired) electrons. The second-order valence-electron chi connectivity index (χ2n) is 5.71. The number of hydrogen-bond acceptors (Lipinski definition) is 3. The zero-order chi connectivity index (χ0) is 18.1. The summed E-state index contributed by atoms with van der Waals surface area (Å²) < 4.78 is 24.4. The Balaban J connectivity index is 2.36. The van der Waals surface area contributed by atoms with Gasteiger partial charge in [0.15, 0.2) is 0 Å². The minimum absolute atomic E-state index is 0.0138. The smallest absolute Gasteiger partial charge is 0.253 e. The first-order valence-corrected chi connectivity index (χ1v) is 9.58. The van der Waals surface area contributed by atoms with Crippen molar-refractivity contribution in [1.82, 2.24) is 4.90 Å². The van der Waals surface area contributed by atoms with Crippen LogP contribution >= 0.6 is 15.9 Å². The summed E-state index contributed by atoms with van der Waals surface area (Å²) in [4.78, 5) is 14.2. The van der Waals surface area contributed by atoms with Crippen LogP contribution in [0.2, 0.25) is 0 Å². The number of nitrogens with zero attached hydrogens (tertiary/aromatic N) is 1. The van der Waals surface area contributed by atoms with Crippen LogP contribution in [-0.4, -0.2) is 26.3 Å². The molecule has 0 atom stereocenters. The Morgan fingerprint density at radius 3 is 2.42 bits per heavy atom. The van der Waals surface area contributed by atoms with Crippen molar-refractivity contribution in [3.63, 3.8) is 0 Å². The minimum atomic E-state index is -3.88. The summed E-state index contributed by atoms with van der Waals surface area (Å²) >= 11 is 3.46. The Labute approximate surface area is 150 Å². The molecule has 0 bridgehead atoms. The monoisotopic (exact) mass is 410 g/mol. The molecule has 0 aliphatic carbocycles. The predicted molar refractivity (Wildman–Crippen MR) is 97.2 cm³/mol. The van der Waals surface area contributed by atoms with Crippen molar-refractivity contribution in [1.29, 1.82) is 0 Å². The van der Waals surface area contributed by atoms with E-state index in [1.165, 1.54) is 11.0 Å². The SMILES string of the molecule is Cc1cc(C(=O)N(C)Cc2ccccc2Br)cc(S(N)(=O)=O)c1C. The molecule has 0 aromatic heterocycles. The van der Waals surface area contributed by atoms with Gasteiger partial charge in [-0.05, 0) is 48.7 Å². The van der Waals surface area contributed by atoms with E-state index in [1.54, 1.807) is 27.0 Å². The van der Waals surface area contributed by atoms with E-state index in [0.29, 0.717) is 23.2 Å². The number of carbonyl (C=O) groups is 1. The highest BCUT2D eigenvalue weighted by Gasteiger charge is 2.19. The third-order valence-corrected chi connectivity index (χ3v) is 5.70. The van der Waals surface area contributed by atoms with Gasteiger partial charge in [-0.3, -0.25) is 4.79 Å². The molecule has 0 aliphatic rings. The van der Waals surface area contributed by atoms with Crippen molar-refractivity contribution in [2.45, 2.75) is 25.3 Å². The molecule has 128 valence electrons. The Hall–Kier alpha value is -1.70. The van der Waals surface area contributed by atoms with Crippen LogP contribution in [0, 0.1) is 13.8 Å². The first kappa shape index (κ1) is 18.6. The first-order chi connectivity index (χ1) is 11.1. The lowest BCUT2D eigenvalue weighted by Crippen LogP contribution is -2.27. The normalized spacial score (nSPS) is 11.4. The number of amides is 1. The lowest BCUT2D eigenvalue weighted by Gasteiger charge is -2.19. The molecule has 24 heavy (non-hydrogen) atoms. The largest absolute Gasteiger partial charge is 0.337 e. The van der Waals surface area contributed by atoms with E-state index in [0.717, 1.165) is 10.0 Å². The number of halogens is 1. The second-order valence-corrected chi connectivity index (χ2v) is 8.10. The van der Waals surface area contributed by atoms with E-state index in [9.17, 15) is 13.2 Å². The van der Waals surface area contributed by atoms with E-state index in [1.807, 2.05) is 24.3 Å². The maximum absolute atomic E-state index is 12.7. The van der Waals surface area contributed by atoms with Gasteiger partial charge in [0.2, 0.25) is 10.0 Å². The molecule has 2 aromatic rings. The molecule has 7 heteroatoms. The molecule has 0 saturated heterocycles. The average Bonchev–Trinajstić information content (AvgIpc) is 2.50. The van der Waals surface area contributed by atoms with Gasteiger partial charge >= 0.3 is 0 Å². The third kappa shape index (κ3) is 4.03. The van der Waals surface area contributed by atoms with E-state index in [2.05, 4.69) is 15.9 Å². The summed E-state index contributed by atoms with van der Waals surface area (Å²) in [5.74, 6) is -0.265. The molecule has 0 aliphatic heterocycles. The highest BCUT2D eigenvalue weighted by Crippen LogP contribution is 2.22. The molecular weight excluding hydrogens is 392 g/mol. The van der Waals surface area contributed by atoms with Gasteiger partial charge in [0.05, 0.1) is 4.90 Å². The lowest BCUT2D eigenvalue weighted by atomic mass is 10.1. The number of primary sulfonamides is 1. The van der Waals surface area contributed by atoms with Gasteiger partial charge in [-0.25, -0.2) is 13.6 Å². The number of aryl methyl sites for hydroxylation is 1. The van der Waals surface area contributed by atoms with Gasteiger partial charge in [0.25, 0.3) is 5.91 Å². The molecule has 2 rings (SSSR count). The van der Waals surface area contributed by atoms with Gasteiger partial charge in [0.1, 0.15) is 0 Å². The third-order valence-electron chi connectivity index (χ3n) is 3.89. The Kier molecular flexibility index (Phi) is 5.47. The van der Waals surface area contributed by atoms with E-state index in [-0.39, 0.29) is 10.8 Å². The van der Waals surface area contributed by atoms with Crippen LogP contribution in [0.15, 0.2) is 45.8 Å². The molecule has 0 saturated carbocycles. The maximum atomic E-state index is 12.7. The summed E-state index contributed by atoms with van der Waals surface area (Å²) in [5, 5.41) is 5.26. The fourth-order valence-electron chi connectivity index (χ4n) is 2.42. The summed E-state index contributed by atoms with van der Waals surface area (Å²) in [6.07, 6.45) is 0. The number of sulfonamides is 1. The van der Waals surface area contributed by atoms with E-state index >= 15 is 0 Å². The number of nitrogens with two attached hydrogens (primary N) is 1. The molecule has 0 spiro atoms. The number of hydrogen-bond donors (Lipinski definition) is 1. The van der Waals surface area contributed by atoms with Crippen molar-refractivity contribution >= 4 is 31.9 Å². The van der Waals surface area contributed by atoms with Crippen LogP contribution in [0.3, 0.4) is 0 Å². The van der Waals surface area contributed by atoms with Gasteiger partial charge < -0.3 is 4.90 Å². The highest BCUT2D eigenvalue weighted by atomic mass is 79.9. The molecule has 2 aromatic carbocycles. The predicted octanol–water partition coefficient (Wildman–Crippen LogP) is 2.99. The number of rotatable bonds is 4. The van der Waals surface area contributed by atoms with E-state index in [4.69, 9.17) is 5.14 Å². The van der Waals surface area contributed by atoms with Crippen LogP contribution in [0.5, 0.6) is 0 Å². The van der Waals surface area contributed by atoms with Crippen molar-refractivity contribution < 1.29 is 13.2 Å². The van der Waals surface area contributed by atoms with E-state index < -0.39 is 10.0 Å². The standard InChI is InChI=1S/C17H19BrN2O3S/c1-11-8-14(9-16(12(11)2)24(19,22)23)17(21)20(3)10-13-6-4-5-7-15(13)18/h4-9H,10H2,1-3H3,(H2,19,22,23). The molecular formula is C17H19BrN2O3S. The van der Waals surface area contributed by atoms with Gasteiger partial charge in [0, 0.05) is 23.6 Å². The first-order valence-electron chi connectivity index (χ1n) is 7.24. The van der Waals surface area contributed by atoms with Crippen LogP contribution in [-0.2, 0) is 16.6 Å². The Morgan fingerprint density at radius 1 is 1.21 bits per heavy atom. The highest BCUT2D eigenvalue weighted by molar-refractivity contribution is 9.10. The second kappa shape index (κ2) is 7.04. The fourth-order valence-corrected chi connectivity index (χ4v) is 3.71. The fraction of sp³-hybridized carbons (Fsp3) is 0.235. The summed E-state index contributed by atoms with van der Waals surface area (Å²) in [5.41, 5.74) is 2.53. The average molecular weight is 411 g/mol. The van der Waals surface area contributed by atoms with Crippen LogP contribution in [0.4, 0.5) is 0 Å². The molecule has 0 unspecified atom stereocenters. The zero-order valence-electron chi connectivity index (χ0n) is 13.7. The summed E-state index contributed by atoms with van der Waals surface area (Å²) in [6.45, 7) is 3.83. The molecule has 5 nitrogen and oxygen atoms in total. The number of benzene rings is 2.